The first-order valence-corrected chi connectivity index (χ1v) is 12.8. The molecule has 1 aliphatic carbocycles. The molecular weight excluding hydrogens is 400 g/mol. The molecule has 0 aromatic rings. The average Bonchev–Trinajstić information content (AvgIpc) is 3.14. The van der Waals surface area contributed by atoms with Crippen LogP contribution in [0.5, 0.6) is 0 Å². The summed E-state index contributed by atoms with van der Waals surface area (Å²) in [4.78, 5) is 4.65. The minimum atomic E-state index is -1.77. The highest BCUT2D eigenvalue weighted by molar-refractivity contribution is 5.17. The van der Waals surface area contributed by atoms with Crippen LogP contribution in [0.4, 0.5) is 0 Å². The van der Waals surface area contributed by atoms with E-state index in [1.165, 1.54) is 5.57 Å². The van der Waals surface area contributed by atoms with Crippen molar-refractivity contribution >= 4 is 0 Å². The summed E-state index contributed by atoms with van der Waals surface area (Å²) in [7, 11) is 4.35. The summed E-state index contributed by atoms with van der Waals surface area (Å²) in [6.45, 7) is 13.6. The molecule has 32 heavy (non-hydrogen) atoms. The second-order valence-corrected chi connectivity index (χ2v) is 11.0. The molecule has 2 N–H and O–H groups in total. The molecule has 0 bridgehead atoms. The zero-order valence-corrected chi connectivity index (χ0v) is 21.7. The first-order chi connectivity index (χ1) is 15.0. The summed E-state index contributed by atoms with van der Waals surface area (Å²) < 4.78 is 0. The highest BCUT2D eigenvalue weighted by Gasteiger charge is 2.49. The minimum Gasteiger partial charge on any atom is -0.353 e. The van der Waals surface area contributed by atoms with Crippen LogP contribution in [0.25, 0.3) is 0 Å². The van der Waals surface area contributed by atoms with Crippen LogP contribution >= 0.6 is 0 Å². The molecule has 6 heteroatoms. The number of hydrogen-bond donors (Lipinski definition) is 2. The van der Waals surface area contributed by atoms with Crippen LogP contribution in [-0.4, -0.2) is 80.5 Å². The molecule has 2 saturated heterocycles. The topological polar surface area (TPSA) is 53.4 Å². The molecule has 2 fully saturated rings. The molecule has 2 aliphatic heterocycles. The standard InChI is InChI=1S/C26H48N4O2/c1-18(2)25-28(8)27(7)22(6)29(25)20(4)17-24-16-19(3)21(5)30(24)26(31,32)15-14-23-12-10-9-11-13-23/h9-10,12,18-22,24-25,31-32H,11,13-17H2,1-8H3. The zero-order chi connectivity index (χ0) is 23.8. The van der Waals surface area contributed by atoms with Crippen molar-refractivity contribution < 1.29 is 10.2 Å². The van der Waals surface area contributed by atoms with E-state index in [1.807, 2.05) is 4.90 Å². The zero-order valence-electron chi connectivity index (χ0n) is 21.7. The van der Waals surface area contributed by atoms with Gasteiger partial charge in [-0.15, -0.1) is 0 Å². The fourth-order valence-corrected chi connectivity index (χ4v) is 6.47. The summed E-state index contributed by atoms with van der Waals surface area (Å²) in [6.07, 6.45) is 12.2. The number of rotatable bonds is 8. The Bertz CT molecular complexity index is 691. The highest BCUT2D eigenvalue weighted by Crippen LogP contribution is 2.40. The normalized spacial score (nSPS) is 34.6. The maximum Gasteiger partial charge on any atom is 0.225 e. The number of hydrazine groups is 1. The lowest BCUT2D eigenvalue weighted by Crippen LogP contribution is -2.56. The highest BCUT2D eigenvalue weighted by atomic mass is 16.5. The fourth-order valence-electron chi connectivity index (χ4n) is 6.47. The van der Waals surface area contributed by atoms with E-state index in [0.717, 1.165) is 32.1 Å². The number of aliphatic hydroxyl groups is 2. The van der Waals surface area contributed by atoms with E-state index >= 15 is 0 Å². The Morgan fingerprint density at radius 2 is 1.78 bits per heavy atom. The van der Waals surface area contributed by atoms with Gasteiger partial charge in [-0.25, -0.2) is 14.9 Å². The maximum absolute atomic E-state index is 11.3. The van der Waals surface area contributed by atoms with Crippen LogP contribution in [0, 0.1) is 11.8 Å². The first kappa shape index (κ1) is 25.9. The lowest BCUT2D eigenvalue weighted by molar-refractivity contribution is -0.282. The predicted octanol–water partition coefficient (Wildman–Crippen LogP) is 3.98. The summed E-state index contributed by atoms with van der Waals surface area (Å²) in [5.41, 5.74) is 1.32. The van der Waals surface area contributed by atoms with Crippen molar-refractivity contribution in [2.24, 2.45) is 11.8 Å². The molecule has 0 aromatic carbocycles. The molecule has 3 rings (SSSR count). The summed E-state index contributed by atoms with van der Waals surface area (Å²) in [5.74, 6) is -0.803. The van der Waals surface area contributed by atoms with Crippen molar-refractivity contribution in [2.75, 3.05) is 14.1 Å². The van der Waals surface area contributed by atoms with E-state index in [-0.39, 0.29) is 12.1 Å². The quantitative estimate of drug-likeness (QED) is 0.548. The molecule has 6 nitrogen and oxygen atoms in total. The molecule has 184 valence electrons. The number of allylic oxidation sites excluding steroid dienone is 4. The van der Waals surface area contributed by atoms with Crippen LogP contribution in [0.15, 0.2) is 23.8 Å². The summed E-state index contributed by atoms with van der Waals surface area (Å²) >= 11 is 0. The predicted molar refractivity (Wildman–Crippen MR) is 131 cm³/mol. The maximum atomic E-state index is 11.3. The molecule has 0 amide bonds. The number of nitrogens with zero attached hydrogens (tertiary/aromatic N) is 4. The average molecular weight is 449 g/mol. The summed E-state index contributed by atoms with van der Waals surface area (Å²) in [6, 6.07) is 0.669. The van der Waals surface area contributed by atoms with Crippen molar-refractivity contribution in [1.82, 2.24) is 19.8 Å². The number of likely N-dealkylation sites (tertiary alicyclic amines) is 1. The van der Waals surface area contributed by atoms with E-state index in [9.17, 15) is 10.2 Å². The second kappa shape index (κ2) is 10.2. The van der Waals surface area contributed by atoms with E-state index in [4.69, 9.17) is 0 Å². The number of hydrogen-bond acceptors (Lipinski definition) is 6. The Balaban J connectivity index is 1.73. The van der Waals surface area contributed by atoms with E-state index in [2.05, 4.69) is 88.8 Å². The van der Waals surface area contributed by atoms with E-state index in [1.54, 1.807) is 0 Å². The lowest BCUT2D eigenvalue weighted by atomic mass is 9.97. The minimum absolute atomic E-state index is 0.157. The molecule has 0 saturated carbocycles. The Labute approximate surface area is 196 Å². The van der Waals surface area contributed by atoms with Gasteiger partial charge >= 0.3 is 0 Å². The van der Waals surface area contributed by atoms with Gasteiger partial charge in [0.1, 0.15) is 0 Å². The molecule has 0 radical (unpaired) electrons. The van der Waals surface area contributed by atoms with Gasteiger partial charge in [0.2, 0.25) is 5.91 Å². The Morgan fingerprint density at radius 3 is 2.38 bits per heavy atom. The molecule has 0 spiro atoms. The van der Waals surface area contributed by atoms with Gasteiger partial charge in [-0.3, -0.25) is 4.90 Å². The molecule has 3 aliphatic rings. The molecule has 0 aromatic heterocycles. The largest absolute Gasteiger partial charge is 0.353 e. The van der Waals surface area contributed by atoms with Gasteiger partial charge < -0.3 is 10.2 Å². The first-order valence-electron chi connectivity index (χ1n) is 12.8. The van der Waals surface area contributed by atoms with Crippen LogP contribution in [0.3, 0.4) is 0 Å². The van der Waals surface area contributed by atoms with Crippen LogP contribution in [0.2, 0.25) is 0 Å². The van der Waals surface area contributed by atoms with E-state index < -0.39 is 5.91 Å². The smallest absolute Gasteiger partial charge is 0.225 e. The van der Waals surface area contributed by atoms with Crippen molar-refractivity contribution in [2.45, 2.75) is 116 Å². The van der Waals surface area contributed by atoms with E-state index in [0.29, 0.717) is 36.6 Å². The third-order valence-electron chi connectivity index (χ3n) is 8.47. The van der Waals surface area contributed by atoms with Gasteiger partial charge in [-0.05, 0) is 64.7 Å². The molecule has 6 atom stereocenters. The van der Waals surface area contributed by atoms with Crippen molar-refractivity contribution in [3.05, 3.63) is 23.8 Å². The van der Waals surface area contributed by atoms with Crippen molar-refractivity contribution in [3.63, 3.8) is 0 Å². The van der Waals surface area contributed by atoms with Gasteiger partial charge in [0.05, 0.1) is 12.3 Å². The van der Waals surface area contributed by atoms with Gasteiger partial charge in [0, 0.05) is 38.6 Å². The van der Waals surface area contributed by atoms with Gasteiger partial charge in [0.15, 0.2) is 0 Å². The molecule has 2 heterocycles. The van der Waals surface area contributed by atoms with Crippen LogP contribution in [0.1, 0.15) is 80.1 Å². The monoisotopic (exact) mass is 448 g/mol. The van der Waals surface area contributed by atoms with Crippen molar-refractivity contribution in [3.8, 4) is 0 Å². The second-order valence-electron chi connectivity index (χ2n) is 11.0. The van der Waals surface area contributed by atoms with Gasteiger partial charge in [-0.1, -0.05) is 44.6 Å². The van der Waals surface area contributed by atoms with Crippen LogP contribution < -0.4 is 0 Å². The SMILES string of the molecule is CC(C)C1N(C(C)CC2CC(C)C(C)N2C(O)(O)CCC2=CC=CCC2)C(C)N(C)N1C. The molecule has 6 unspecified atom stereocenters. The summed E-state index contributed by atoms with van der Waals surface area (Å²) in [5, 5.41) is 27.2. The van der Waals surface area contributed by atoms with Crippen LogP contribution in [-0.2, 0) is 0 Å². The third-order valence-corrected chi connectivity index (χ3v) is 8.47. The van der Waals surface area contributed by atoms with Crippen molar-refractivity contribution in [1.29, 1.82) is 0 Å². The molecular formula is C26H48N4O2. The Morgan fingerprint density at radius 1 is 1.09 bits per heavy atom. The third kappa shape index (κ3) is 5.16. The lowest BCUT2D eigenvalue weighted by Gasteiger charge is -2.43. The fraction of sp³-hybridized carbons (Fsp3) is 0.846. The van der Waals surface area contributed by atoms with Gasteiger partial charge in [-0.2, -0.15) is 0 Å². The van der Waals surface area contributed by atoms with Gasteiger partial charge in [0.25, 0.3) is 0 Å². The Hall–Kier alpha value is -0.760. The Kier molecular flexibility index (Phi) is 8.28.